The number of alkyl carbamates (subject to hydrolysis) is 1. The lowest BCUT2D eigenvalue weighted by molar-refractivity contribution is 0.0498. The molecule has 23 heavy (non-hydrogen) atoms. The Morgan fingerprint density at radius 1 is 1.26 bits per heavy atom. The zero-order chi connectivity index (χ0) is 17.7. The van der Waals surface area contributed by atoms with E-state index in [0.717, 1.165) is 16.3 Å². The van der Waals surface area contributed by atoms with E-state index in [1.807, 2.05) is 24.3 Å². The van der Waals surface area contributed by atoms with E-state index in [9.17, 15) is 13.2 Å². The van der Waals surface area contributed by atoms with Crippen LogP contribution in [0, 0.1) is 0 Å². The highest BCUT2D eigenvalue weighted by Gasteiger charge is 2.21. The highest BCUT2D eigenvalue weighted by molar-refractivity contribution is 9.10. The maximum absolute atomic E-state index is 12.0. The third-order valence-electron chi connectivity index (χ3n) is 2.67. The summed E-state index contributed by atoms with van der Waals surface area (Å²) in [6.07, 6.45) is 0.724. The van der Waals surface area contributed by atoms with E-state index in [4.69, 9.17) is 8.92 Å². The second-order valence-electron chi connectivity index (χ2n) is 6.07. The van der Waals surface area contributed by atoms with Gasteiger partial charge in [0.25, 0.3) is 10.1 Å². The van der Waals surface area contributed by atoms with E-state index >= 15 is 0 Å². The van der Waals surface area contributed by atoms with E-state index in [1.54, 1.807) is 20.8 Å². The van der Waals surface area contributed by atoms with Crippen LogP contribution in [0.1, 0.15) is 38.8 Å². The highest BCUT2D eigenvalue weighted by atomic mass is 79.9. The first-order chi connectivity index (χ1) is 10.5. The number of hydrogen-bond acceptors (Lipinski definition) is 5. The van der Waals surface area contributed by atoms with Crippen molar-refractivity contribution in [2.45, 2.75) is 38.8 Å². The number of carbonyl (C=O) groups excluding carboxylic acids is 1. The Kier molecular flexibility index (Phi) is 7.03. The molecule has 8 heteroatoms. The molecule has 1 N–H and O–H groups in total. The zero-order valence-corrected chi connectivity index (χ0v) is 16.0. The average molecular weight is 408 g/mol. The van der Waals surface area contributed by atoms with Gasteiger partial charge in [0, 0.05) is 4.47 Å². The Labute approximate surface area is 145 Å². The summed E-state index contributed by atoms with van der Waals surface area (Å²) in [5, 5.41) is 2.74. The van der Waals surface area contributed by atoms with Gasteiger partial charge in [0.05, 0.1) is 18.9 Å². The van der Waals surface area contributed by atoms with Crippen molar-refractivity contribution in [3.8, 4) is 0 Å². The molecule has 0 spiro atoms. The molecular formula is C15H22BrNO5S. The second-order valence-corrected chi connectivity index (χ2v) is 8.62. The number of benzene rings is 1. The van der Waals surface area contributed by atoms with Crippen LogP contribution in [0.15, 0.2) is 28.7 Å². The Hall–Kier alpha value is -1.12. The predicted molar refractivity (Wildman–Crippen MR) is 91.7 cm³/mol. The zero-order valence-electron chi connectivity index (χ0n) is 13.6. The lowest BCUT2D eigenvalue weighted by atomic mass is 10.0. The maximum Gasteiger partial charge on any atom is 0.408 e. The fourth-order valence-corrected chi connectivity index (χ4v) is 2.45. The van der Waals surface area contributed by atoms with Gasteiger partial charge in [-0.2, -0.15) is 8.42 Å². The van der Waals surface area contributed by atoms with Gasteiger partial charge in [-0.25, -0.2) is 4.79 Å². The van der Waals surface area contributed by atoms with Crippen molar-refractivity contribution >= 4 is 32.1 Å². The molecule has 1 aromatic rings. The van der Waals surface area contributed by atoms with Gasteiger partial charge < -0.3 is 10.1 Å². The molecule has 6 nitrogen and oxygen atoms in total. The molecule has 0 heterocycles. The van der Waals surface area contributed by atoms with E-state index in [0.29, 0.717) is 6.42 Å². The summed E-state index contributed by atoms with van der Waals surface area (Å²) in [6, 6.07) is 6.95. The Balaban J connectivity index is 2.79. The molecule has 1 atom stereocenters. The second kappa shape index (κ2) is 8.12. The summed E-state index contributed by atoms with van der Waals surface area (Å²) in [7, 11) is -3.52. The summed E-state index contributed by atoms with van der Waals surface area (Å²) in [4.78, 5) is 12.0. The predicted octanol–water partition coefficient (Wildman–Crippen LogP) is 3.38. The molecule has 0 fully saturated rings. The van der Waals surface area contributed by atoms with Crippen LogP contribution in [-0.2, 0) is 19.0 Å². The minimum absolute atomic E-state index is 0.0324. The molecule has 0 aliphatic rings. The molecular weight excluding hydrogens is 386 g/mol. The number of ether oxygens (including phenoxy) is 1. The van der Waals surface area contributed by atoms with Gasteiger partial charge in [-0.05, 0) is 44.9 Å². The fraction of sp³-hybridized carbons (Fsp3) is 0.533. The summed E-state index contributed by atoms with van der Waals surface area (Å²) in [6.45, 7) is 5.28. The van der Waals surface area contributed by atoms with E-state index < -0.39 is 27.9 Å². The number of carbonyl (C=O) groups is 1. The van der Waals surface area contributed by atoms with Crippen LogP contribution in [-0.4, -0.2) is 33.0 Å². The Bertz CT molecular complexity index is 622. The molecule has 0 aromatic heterocycles. The van der Waals surface area contributed by atoms with Gasteiger partial charge in [-0.15, -0.1) is 0 Å². The molecule has 1 aromatic carbocycles. The molecule has 0 aliphatic carbocycles. The van der Waals surface area contributed by atoms with Gasteiger partial charge in [0.2, 0.25) is 0 Å². The molecule has 0 radical (unpaired) electrons. The first-order valence-corrected chi connectivity index (χ1v) is 9.66. The molecule has 0 bridgehead atoms. The summed E-state index contributed by atoms with van der Waals surface area (Å²) in [5.74, 6) is 0. The Morgan fingerprint density at radius 2 is 1.83 bits per heavy atom. The van der Waals surface area contributed by atoms with Crippen LogP contribution >= 0.6 is 15.9 Å². The number of hydrogen-bond donors (Lipinski definition) is 1. The van der Waals surface area contributed by atoms with Crippen LogP contribution in [0.4, 0.5) is 4.79 Å². The SMILES string of the molecule is CC(C)(C)OC(=O)NC(CCOS(C)(=O)=O)c1ccc(Br)cc1. The van der Waals surface area contributed by atoms with Crippen LogP contribution in [0.5, 0.6) is 0 Å². The number of nitrogens with one attached hydrogen (secondary N) is 1. The van der Waals surface area contributed by atoms with Gasteiger partial charge in [0.1, 0.15) is 5.60 Å². The molecule has 0 aliphatic heterocycles. The van der Waals surface area contributed by atoms with Crippen LogP contribution in [0.3, 0.4) is 0 Å². The first kappa shape index (κ1) is 19.9. The molecule has 130 valence electrons. The van der Waals surface area contributed by atoms with E-state index in [-0.39, 0.29) is 6.61 Å². The van der Waals surface area contributed by atoms with Crippen molar-refractivity contribution < 1.29 is 22.1 Å². The maximum atomic E-state index is 12.0. The summed E-state index contributed by atoms with van der Waals surface area (Å²) >= 11 is 3.35. The monoisotopic (exact) mass is 407 g/mol. The highest BCUT2D eigenvalue weighted by Crippen LogP contribution is 2.21. The quantitative estimate of drug-likeness (QED) is 0.730. The summed E-state index contributed by atoms with van der Waals surface area (Å²) < 4.78 is 33.0. The van der Waals surface area contributed by atoms with Gasteiger partial charge in [-0.3, -0.25) is 4.18 Å². The number of rotatable bonds is 6. The summed E-state index contributed by atoms with van der Waals surface area (Å²) in [5.41, 5.74) is 0.216. The van der Waals surface area contributed by atoms with E-state index in [1.165, 1.54) is 0 Å². The smallest absolute Gasteiger partial charge is 0.408 e. The largest absolute Gasteiger partial charge is 0.444 e. The third-order valence-corrected chi connectivity index (χ3v) is 3.79. The van der Waals surface area contributed by atoms with Crippen molar-refractivity contribution in [1.29, 1.82) is 0 Å². The standard InChI is InChI=1S/C15H22BrNO5S/c1-15(2,3)22-14(18)17-13(9-10-21-23(4,19)20)11-5-7-12(16)8-6-11/h5-8,13H,9-10H2,1-4H3,(H,17,18). The Morgan fingerprint density at radius 3 is 2.30 bits per heavy atom. The molecule has 0 saturated carbocycles. The van der Waals surface area contributed by atoms with Gasteiger partial charge >= 0.3 is 6.09 Å². The number of halogens is 1. The normalized spacial score (nSPS) is 13.4. The molecule has 1 rings (SSSR count). The van der Waals surface area contributed by atoms with Crippen molar-refractivity contribution in [3.05, 3.63) is 34.3 Å². The fourth-order valence-electron chi connectivity index (χ4n) is 1.78. The van der Waals surface area contributed by atoms with Gasteiger partial charge in [-0.1, -0.05) is 28.1 Å². The van der Waals surface area contributed by atoms with Crippen molar-refractivity contribution in [3.63, 3.8) is 0 Å². The first-order valence-electron chi connectivity index (χ1n) is 7.06. The lowest BCUT2D eigenvalue weighted by Crippen LogP contribution is -2.35. The molecule has 0 saturated heterocycles. The topological polar surface area (TPSA) is 81.7 Å². The van der Waals surface area contributed by atoms with Crippen molar-refractivity contribution in [1.82, 2.24) is 5.32 Å². The van der Waals surface area contributed by atoms with Crippen LogP contribution in [0.25, 0.3) is 0 Å². The van der Waals surface area contributed by atoms with Crippen molar-refractivity contribution in [2.75, 3.05) is 12.9 Å². The minimum atomic E-state index is -3.52. The van der Waals surface area contributed by atoms with E-state index in [2.05, 4.69) is 21.2 Å². The third kappa shape index (κ3) is 8.92. The van der Waals surface area contributed by atoms with Crippen molar-refractivity contribution in [2.24, 2.45) is 0 Å². The molecule has 1 amide bonds. The average Bonchev–Trinajstić information content (AvgIpc) is 2.34. The minimum Gasteiger partial charge on any atom is -0.444 e. The molecule has 1 unspecified atom stereocenters. The van der Waals surface area contributed by atoms with Gasteiger partial charge in [0.15, 0.2) is 0 Å². The van der Waals surface area contributed by atoms with Crippen LogP contribution < -0.4 is 5.32 Å². The lowest BCUT2D eigenvalue weighted by Gasteiger charge is -2.24. The number of amides is 1. The van der Waals surface area contributed by atoms with Crippen LogP contribution in [0.2, 0.25) is 0 Å².